The molecular weight excluding hydrogens is 715 g/mol. The van der Waals surface area contributed by atoms with Crippen molar-refractivity contribution in [1.82, 2.24) is 0 Å². The molecule has 2 heterocycles. The van der Waals surface area contributed by atoms with E-state index in [0.29, 0.717) is 0 Å². The van der Waals surface area contributed by atoms with Crippen LogP contribution in [0, 0.1) is 11.8 Å². The van der Waals surface area contributed by atoms with Crippen LogP contribution in [0.3, 0.4) is 0 Å². The molecule has 0 radical (unpaired) electrons. The Balaban J connectivity index is 1.26. The highest BCUT2D eigenvalue weighted by atomic mass is 16.3. The van der Waals surface area contributed by atoms with Gasteiger partial charge >= 0.3 is 0 Å². The summed E-state index contributed by atoms with van der Waals surface area (Å²) in [6.45, 7) is 9.88. The normalized spacial score (nSPS) is 23.5. The number of hydrogen-bond acceptors (Lipinski definition) is 2. The van der Waals surface area contributed by atoms with Gasteiger partial charge in [0.1, 0.15) is 11.2 Å². The van der Waals surface area contributed by atoms with Gasteiger partial charge in [-0.3, -0.25) is 0 Å². The lowest BCUT2D eigenvalue weighted by Crippen LogP contribution is -2.52. The molecule has 0 saturated heterocycles. The summed E-state index contributed by atoms with van der Waals surface area (Å²) >= 11 is 0. The largest absolute Gasteiger partial charge is 0.456 e. The third-order valence-corrected chi connectivity index (χ3v) is 14.5. The molecule has 284 valence electrons. The molecule has 7 aromatic carbocycles. The van der Waals surface area contributed by atoms with Gasteiger partial charge in [-0.25, -0.2) is 0 Å². The van der Waals surface area contributed by atoms with Gasteiger partial charge in [0.25, 0.3) is 0 Å². The smallest absolute Gasteiger partial charge is 0.140 e. The van der Waals surface area contributed by atoms with E-state index in [9.17, 15) is 0 Å². The summed E-state index contributed by atoms with van der Waals surface area (Å²) in [4.78, 5) is 2.65. The van der Waals surface area contributed by atoms with E-state index in [0.717, 1.165) is 33.3 Å². The molecule has 0 amide bonds. The van der Waals surface area contributed by atoms with Crippen LogP contribution in [0.15, 0.2) is 209 Å². The van der Waals surface area contributed by atoms with Gasteiger partial charge in [-0.1, -0.05) is 172 Å². The summed E-state index contributed by atoms with van der Waals surface area (Å²) in [5.41, 5.74) is 17.4. The second-order valence-corrected chi connectivity index (χ2v) is 17.6. The highest BCUT2D eigenvalue weighted by Gasteiger charge is 2.57. The molecule has 0 N–H and O–H groups in total. The molecule has 4 unspecified atom stereocenters. The first-order valence-electron chi connectivity index (χ1n) is 21.2. The first-order chi connectivity index (χ1) is 28.8. The van der Waals surface area contributed by atoms with E-state index in [-0.39, 0.29) is 17.3 Å². The number of rotatable bonds is 3. The number of benzene rings is 7. The molecule has 1 aliphatic heterocycles. The Labute approximate surface area is 346 Å². The monoisotopic (exact) mass is 759 g/mol. The summed E-state index contributed by atoms with van der Waals surface area (Å²) in [6.07, 6.45) is 7.73. The number of nitrogens with zero attached hydrogens (tertiary/aromatic N) is 1. The number of allylic oxidation sites excluding steroid dienone is 4. The van der Waals surface area contributed by atoms with Crippen molar-refractivity contribution >= 4 is 33.3 Å². The Kier molecular flexibility index (Phi) is 7.11. The van der Waals surface area contributed by atoms with Gasteiger partial charge in [-0.15, -0.1) is 0 Å². The predicted octanol–water partition coefficient (Wildman–Crippen LogP) is 14.5. The molecular formula is C57H45NO. The summed E-state index contributed by atoms with van der Waals surface area (Å²) in [5.74, 6) is 0.214. The van der Waals surface area contributed by atoms with Gasteiger partial charge in [0.05, 0.1) is 11.0 Å². The SMILES string of the molecule is CC1C=C2C(C)C3=C1C(C)(c1ccccc1)C=CC3(C)N(c1ccc(-c3ccccc3)cc1)c1cc(c3oc4ccccc4c3c1)C21c2ccccc2-c2ccccc21. The lowest BCUT2D eigenvalue weighted by molar-refractivity contribution is 0.458. The minimum atomic E-state index is -0.611. The van der Waals surface area contributed by atoms with Gasteiger partial charge in [-0.05, 0) is 106 Å². The molecule has 2 nitrogen and oxygen atoms in total. The van der Waals surface area contributed by atoms with E-state index in [4.69, 9.17) is 4.42 Å². The molecule has 1 aromatic heterocycles. The Hall–Kier alpha value is -6.64. The second-order valence-electron chi connectivity index (χ2n) is 17.6. The number of hydrogen-bond donors (Lipinski definition) is 0. The topological polar surface area (TPSA) is 16.4 Å². The standard InChI is InChI=1S/C57H45NO/c1-36-33-49-37(2)53-52(36)55(3,40-19-9-6-10-20-40)31-32-56(53,4)58(41-29-27-39(28-30-41)38-17-7-5-8-18-38)42-34-46-45-23-13-16-26-51(45)59-54(46)50(35-42)57(49)47-24-14-11-21-43(47)44-22-12-15-25-48(44)57/h5-37H,1-4H3. The highest BCUT2D eigenvalue weighted by molar-refractivity contribution is 6.09. The summed E-state index contributed by atoms with van der Waals surface area (Å²) < 4.78 is 7.15. The van der Waals surface area contributed by atoms with Crippen molar-refractivity contribution in [3.8, 4) is 22.3 Å². The average molecular weight is 760 g/mol. The van der Waals surface area contributed by atoms with Crippen LogP contribution in [0.2, 0.25) is 0 Å². The van der Waals surface area contributed by atoms with Crippen molar-refractivity contribution in [3.05, 3.63) is 227 Å². The Morgan fingerprint density at radius 1 is 0.525 bits per heavy atom. The quantitative estimate of drug-likeness (QED) is 0.167. The fraction of sp³-hybridized carbons (Fsp3) is 0.158. The lowest BCUT2D eigenvalue weighted by Gasteiger charge is -2.54. The zero-order chi connectivity index (χ0) is 39.7. The fourth-order valence-electron chi connectivity index (χ4n) is 12.1. The minimum Gasteiger partial charge on any atom is -0.456 e. The number of anilines is 2. The summed E-state index contributed by atoms with van der Waals surface area (Å²) in [7, 11) is 0. The third-order valence-electron chi connectivity index (χ3n) is 14.5. The minimum absolute atomic E-state index is 0.0677. The van der Waals surface area contributed by atoms with Crippen molar-refractivity contribution in [2.24, 2.45) is 11.8 Å². The molecule has 8 aromatic rings. The molecule has 2 heteroatoms. The number of para-hydroxylation sites is 1. The maximum atomic E-state index is 7.15. The molecule has 4 atom stereocenters. The molecule has 59 heavy (non-hydrogen) atoms. The van der Waals surface area contributed by atoms with Crippen LogP contribution in [-0.2, 0) is 10.8 Å². The van der Waals surface area contributed by atoms with Crippen LogP contribution in [0.5, 0.6) is 0 Å². The van der Waals surface area contributed by atoms with E-state index >= 15 is 0 Å². The molecule has 4 bridgehead atoms. The van der Waals surface area contributed by atoms with Crippen molar-refractivity contribution in [3.63, 3.8) is 0 Å². The Morgan fingerprint density at radius 3 is 1.85 bits per heavy atom. The third kappa shape index (κ3) is 4.47. The molecule has 4 aliphatic rings. The lowest BCUT2D eigenvalue weighted by atomic mass is 9.53. The van der Waals surface area contributed by atoms with E-state index in [1.807, 2.05) is 0 Å². The maximum absolute atomic E-state index is 7.15. The van der Waals surface area contributed by atoms with E-state index in [1.54, 1.807) is 0 Å². The zero-order valence-electron chi connectivity index (χ0n) is 33.9. The van der Waals surface area contributed by atoms with Gasteiger partial charge in [0, 0.05) is 39.0 Å². The maximum Gasteiger partial charge on any atom is 0.140 e. The molecule has 3 aliphatic carbocycles. The summed E-state index contributed by atoms with van der Waals surface area (Å²) in [5, 5.41) is 2.28. The van der Waals surface area contributed by atoms with E-state index in [1.165, 1.54) is 61.2 Å². The zero-order valence-corrected chi connectivity index (χ0v) is 33.9. The van der Waals surface area contributed by atoms with Crippen LogP contribution in [0.25, 0.3) is 44.2 Å². The molecule has 0 fully saturated rings. The number of furan rings is 1. The van der Waals surface area contributed by atoms with Crippen LogP contribution in [0.4, 0.5) is 11.4 Å². The fourth-order valence-corrected chi connectivity index (χ4v) is 12.1. The van der Waals surface area contributed by atoms with Crippen molar-refractivity contribution in [1.29, 1.82) is 0 Å². The van der Waals surface area contributed by atoms with Crippen LogP contribution in [0.1, 0.15) is 49.9 Å². The van der Waals surface area contributed by atoms with E-state index in [2.05, 4.69) is 221 Å². The van der Waals surface area contributed by atoms with Crippen LogP contribution in [-0.4, -0.2) is 5.54 Å². The second kappa shape index (κ2) is 12.2. The Morgan fingerprint density at radius 2 is 1.14 bits per heavy atom. The van der Waals surface area contributed by atoms with Gasteiger partial charge < -0.3 is 9.32 Å². The van der Waals surface area contributed by atoms with E-state index < -0.39 is 11.0 Å². The summed E-state index contributed by atoms with van der Waals surface area (Å²) in [6, 6.07) is 63.0. The van der Waals surface area contributed by atoms with Gasteiger partial charge in [-0.2, -0.15) is 0 Å². The molecule has 12 rings (SSSR count). The van der Waals surface area contributed by atoms with Gasteiger partial charge in [0.2, 0.25) is 0 Å². The van der Waals surface area contributed by atoms with Crippen molar-refractivity contribution in [2.45, 2.75) is 44.1 Å². The number of fused-ring (bicyclic) bond motifs is 14. The predicted molar refractivity (Wildman–Crippen MR) is 244 cm³/mol. The van der Waals surface area contributed by atoms with Crippen molar-refractivity contribution < 1.29 is 4.42 Å². The van der Waals surface area contributed by atoms with Crippen molar-refractivity contribution in [2.75, 3.05) is 4.90 Å². The van der Waals surface area contributed by atoms with Crippen LogP contribution >= 0.6 is 0 Å². The van der Waals surface area contributed by atoms with Crippen LogP contribution < -0.4 is 4.90 Å². The first kappa shape index (κ1) is 34.4. The Bertz CT molecular complexity index is 3060. The molecule has 0 saturated carbocycles. The first-order valence-corrected chi connectivity index (χ1v) is 21.2. The molecule has 1 spiro atoms. The average Bonchev–Trinajstić information content (AvgIpc) is 3.80. The highest BCUT2D eigenvalue weighted by Crippen LogP contribution is 2.65. The van der Waals surface area contributed by atoms with Gasteiger partial charge in [0.15, 0.2) is 0 Å².